The van der Waals surface area contributed by atoms with E-state index in [1.165, 1.54) is 19.1 Å². The SMILES string of the molecule is Cc1cc(F)c([C@@H]2CO2)cc1F. The zero-order chi connectivity index (χ0) is 8.72. The van der Waals surface area contributed by atoms with Crippen molar-refractivity contribution in [2.24, 2.45) is 0 Å². The minimum atomic E-state index is -0.378. The molecule has 12 heavy (non-hydrogen) atoms. The summed E-state index contributed by atoms with van der Waals surface area (Å²) < 4.78 is 30.9. The number of hydrogen-bond donors (Lipinski definition) is 0. The van der Waals surface area contributed by atoms with E-state index in [0.29, 0.717) is 17.7 Å². The maximum Gasteiger partial charge on any atom is 0.129 e. The molecule has 0 N–H and O–H groups in total. The molecule has 3 heteroatoms. The third-order valence-corrected chi connectivity index (χ3v) is 1.96. The van der Waals surface area contributed by atoms with E-state index in [0.717, 1.165) is 0 Å². The van der Waals surface area contributed by atoms with Gasteiger partial charge >= 0.3 is 0 Å². The van der Waals surface area contributed by atoms with Gasteiger partial charge in [-0.2, -0.15) is 0 Å². The summed E-state index contributed by atoms with van der Waals surface area (Å²) in [5.74, 6) is -0.752. The zero-order valence-corrected chi connectivity index (χ0v) is 6.60. The highest BCUT2D eigenvalue weighted by Crippen LogP contribution is 2.32. The van der Waals surface area contributed by atoms with Gasteiger partial charge in [-0.25, -0.2) is 8.78 Å². The molecule has 0 bridgehead atoms. The number of halogens is 2. The number of ether oxygens (including phenoxy) is 1. The first-order valence-electron chi connectivity index (χ1n) is 3.75. The van der Waals surface area contributed by atoms with Gasteiger partial charge in [0.2, 0.25) is 0 Å². The van der Waals surface area contributed by atoms with Gasteiger partial charge in [0.1, 0.15) is 17.7 Å². The van der Waals surface area contributed by atoms with Crippen LogP contribution in [0.4, 0.5) is 8.78 Å². The summed E-state index contributed by atoms with van der Waals surface area (Å²) in [6.07, 6.45) is -0.222. The summed E-state index contributed by atoms with van der Waals surface area (Å²) in [5, 5.41) is 0. The molecule has 0 spiro atoms. The molecule has 1 nitrogen and oxygen atoms in total. The van der Waals surface area contributed by atoms with Crippen molar-refractivity contribution in [3.8, 4) is 0 Å². The first-order valence-corrected chi connectivity index (χ1v) is 3.75. The Hall–Kier alpha value is -0.960. The van der Waals surface area contributed by atoms with E-state index in [9.17, 15) is 8.78 Å². The quantitative estimate of drug-likeness (QED) is 0.589. The second kappa shape index (κ2) is 2.52. The van der Waals surface area contributed by atoms with Gasteiger partial charge in [-0.05, 0) is 24.6 Å². The fourth-order valence-electron chi connectivity index (χ4n) is 1.14. The molecule has 0 amide bonds. The highest BCUT2D eigenvalue weighted by atomic mass is 19.1. The summed E-state index contributed by atoms with van der Waals surface area (Å²) >= 11 is 0. The van der Waals surface area contributed by atoms with Gasteiger partial charge in [-0.3, -0.25) is 0 Å². The van der Waals surface area contributed by atoms with Crippen LogP contribution in [0.2, 0.25) is 0 Å². The van der Waals surface area contributed by atoms with Crippen molar-refractivity contribution in [1.82, 2.24) is 0 Å². The molecule has 0 saturated carbocycles. The van der Waals surface area contributed by atoms with Crippen LogP contribution in [0.1, 0.15) is 17.2 Å². The van der Waals surface area contributed by atoms with E-state index in [4.69, 9.17) is 4.74 Å². The number of epoxide rings is 1. The van der Waals surface area contributed by atoms with Crippen molar-refractivity contribution >= 4 is 0 Å². The van der Waals surface area contributed by atoms with Crippen LogP contribution in [0.15, 0.2) is 12.1 Å². The summed E-state index contributed by atoms with van der Waals surface area (Å²) in [7, 11) is 0. The predicted octanol–water partition coefficient (Wildman–Crippen LogP) is 2.34. The van der Waals surface area contributed by atoms with Crippen molar-refractivity contribution in [3.05, 3.63) is 34.9 Å². The van der Waals surface area contributed by atoms with E-state index in [-0.39, 0.29) is 17.7 Å². The number of benzene rings is 1. The molecule has 1 aromatic rings. The molecule has 1 atom stereocenters. The Morgan fingerprint density at radius 1 is 1.33 bits per heavy atom. The van der Waals surface area contributed by atoms with Gasteiger partial charge < -0.3 is 4.74 Å². The lowest BCUT2D eigenvalue weighted by atomic mass is 10.1. The van der Waals surface area contributed by atoms with Crippen LogP contribution < -0.4 is 0 Å². The van der Waals surface area contributed by atoms with Gasteiger partial charge in [0, 0.05) is 5.56 Å². The number of rotatable bonds is 1. The summed E-state index contributed by atoms with van der Waals surface area (Å²) in [4.78, 5) is 0. The van der Waals surface area contributed by atoms with Crippen LogP contribution in [0.25, 0.3) is 0 Å². The summed E-state index contributed by atoms with van der Waals surface area (Å²) in [6, 6.07) is 2.41. The first kappa shape index (κ1) is 7.68. The van der Waals surface area contributed by atoms with E-state index in [1.54, 1.807) is 0 Å². The van der Waals surface area contributed by atoms with Gasteiger partial charge in [-0.15, -0.1) is 0 Å². The molecule has 1 heterocycles. The molecule has 0 unspecified atom stereocenters. The maximum absolute atomic E-state index is 13.1. The molecular weight excluding hydrogens is 162 g/mol. The Bertz CT molecular complexity index is 319. The zero-order valence-electron chi connectivity index (χ0n) is 6.60. The molecule has 2 rings (SSSR count). The van der Waals surface area contributed by atoms with Crippen molar-refractivity contribution in [1.29, 1.82) is 0 Å². The van der Waals surface area contributed by atoms with E-state index < -0.39 is 0 Å². The number of hydrogen-bond acceptors (Lipinski definition) is 1. The Balaban J connectivity index is 2.47. The maximum atomic E-state index is 13.1. The fourth-order valence-corrected chi connectivity index (χ4v) is 1.14. The minimum Gasteiger partial charge on any atom is -0.368 e. The Kier molecular flexibility index (Phi) is 1.61. The monoisotopic (exact) mass is 170 g/mol. The highest BCUT2D eigenvalue weighted by molar-refractivity contribution is 5.28. The standard InChI is InChI=1S/C9H8F2O/c1-5-2-8(11)6(3-7(5)10)9-4-12-9/h2-3,9H,4H2,1H3/t9-/m0/s1. The lowest BCUT2D eigenvalue weighted by molar-refractivity contribution is 0.406. The molecule has 64 valence electrons. The van der Waals surface area contributed by atoms with Crippen molar-refractivity contribution in [2.45, 2.75) is 13.0 Å². The van der Waals surface area contributed by atoms with Gasteiger partial charge in [0.05, 0.1) is 6.61 Å². The molecule has 0 radical (unpaired) electrons. The first-order chi connectivity index (χ1) is 5.68. The third kappa shape index (κ3) is 1.20. The van der Waals surface area contributed by atoms with Crippen LogP contribution in [-0.4, -0.2) is 6.61 Å². The van der Waals surface area contributed by atoms with Crippen molar-refractivity contribution in [2.75, 3.05) is 6.61 Å². The third-order valence-electron chi connectivity index (χ3n) is 1.96. The Morgan fingerprint density at radius 3 is 2.58 bits per heavy atom. The topological polar surface area (TPSA) is 12.5 Å². The average Bonchev–Trinajstić information content (AvgIpc) is 2.79. The molecule has 1 aliphatic heterocycles. The fraction of sp³-hybridized carbons (Fsp3) is 0.333. The second-order valence-corrected chi connectivity index (χ2v) is 2.94. The molecular formula is C9H8F2O. The van der Waals surface area contributed by atoms with Gasteiger partial charge in [0.25, 0.3) is 0 Å². The molecule has 1 aliphatic rings. The van der Waals surface area contributed by atoms with E-state index in [1.807, 2.05) is 0 Å². The summed E-state index contributed by atoms with van der Waals surface area (Å²) in [6.45, 7) is 2.04. The molecule has 1 aromatic carbocycles. The van der Waals surface area contributed by atoms with Crippen molar-refractivity contribution in [3.63, 3.8) is 0 Å². The van der Waals surface area contributed by atoms with Gasteiger partial charge in [0.15, 0.2) is 0 Å². The Morgan fingerprint density at radius 2 is 2.00 bits per heavy atom. The molecule has 0 aliphatic carbocycles. The summed E-state index contributed by atoms with van der Waals surface area (Å²) in [5.41, 5.74) is 0.662. The lowest BCUT2D eigenvalue weighted by Crippen LogP contribution is -1.92. The highest BCUT2D eigenvalue weighted by Gasteiger charge is 2.28. The normalized spacial score (nSPS) is 21.1. The largest absolute Gasteiger partial charge is 0.368 e. The lowest BCUT2D eigenvalue weighted by Gasteiger charge is -2.01. The Labute approximate surface area is 69.0 Å². The van der Waals surface area contributed by atoms with Crippen LogP contribution in [0.5, 0.6) is 0 Å². The van der Waals surface area contributed by atoms with E-state index in [2.05, 4.69) is 0 Å². The molecule has 1 fully saturated rings. The smallest absolute Gasteiger partial charge is 0.129 e. The van der Waals surface area contributed by atoms with Crippen molar-refractivity contribution < 1.29 is 13.5 Å². The average molecular weight is 170 g/mol. The van der Waals surface area contributed by atoms with E-state index >= 15 is 0 Å². The van der Waals surface area contributed by atoms with Gasteiger partial charge in [-0.1, -0.05) is 0 Å². The number of aryl methyl sites for hydroxylation is 1. The minimum absolute atomic E-state index is 0.222. The van der Waals surface area contributed by atoms with Crippen LogP contribution in [-0.2, 0) is 4.74 Å². The van der Waals surface area contributed by atoms with Crippen LogP contribution >= 0.6 is 0 Å². The second-order valence-electron chi connectivity index (χ2n) is 2.94. The van der Waals surface area contributed by atoms with Crippen LogP contribution in [0, 0.1) is 18.6 Å². The predicted molar refractivity (Wildman–Crippen MR) is 39.8 cm³/mol. The molecule has 0 aromatic heterocycles. The van der Waals surface area contributed by atoms with Crippen LogP contribution in [0.3, 0.4) is 0 Å². The molecule has 1 saturated heterocycles.